The van der Waals surface area contributed by atoms with Gasteiger partial charge in [-0.1, -0.05) is 25.5 Å². The molecule has 0 fully saturated rings. The van der Waals surface area contributed by atoms with E-state index in [0.29, 0.717) is 5.56 Å². The van der Waals surface area contributed by atoms with Crippen molar-refractivity contribution in [1.82, 2.24) is 14.5 Å². The molecule has 0 saturated carbocycles. The summed E-state index contributed by atoms with van der Waals surface area (Å²) in [6, 6.07) is 8.21. The highest BCUT2D eigenvalue weighted by Gasteiger charge is 2.25. The van der Waals surface area contributed by atoms with Crippen molar-refractivity contribution in [2.24, 2.45) is 0 Å². The van der Waals surface area contributed by atoms with Crippen molar-refractivity contribution in [3.63, 3.8) is 0 Å². The van der Waals surface area contributed by atoms with Gasteiger partial charge in [-0.2, -0.15) is 0 Å². The summed E-state index contributed by atoms with van der Waals surface area (Å²) in [5, 5.41) is 0. The van der Waals surface area contributed by atoms with Gasteiger partial charge in [0.05, 0.1) is 6.54 Å². The Bertz CT molecular complexity index is 1160. The number of ketones is 1. The summed E-state index contributed by atoms with van der Waals surface area (Å²) in [5.74, 6) is -0.781. The number of alkyl halides is 1. The second kappa shape index (κ2) is 8.34. The highest BCUT2D eigenvalue weighted by molar-refractivity contribution is 6.09. The Labute approximate surface area is 167 Å². The number of nitrogens with one attached hydrogen (secondary N) is 1. The Morgan fingerprint density at radius 3 is 2.45 bits per heavy atom. The fourth-order valence-electron chi connectivity index (χ4n) is 3.40. The van der Waals surface area contributed by atoms with E-state index in [-0.39, 0.29) is 29.3 Å². The molecule has 150 valence electrons. The molecule has 3 rings (SSSR count). The maximum Gasteiger partial charge on any atom is 0.329 e. The number of aromatic amines is 1. The number of hydrogen-bond donors (Lipinski definition) is 1. The van der Waals surface area contributed by atoms with Crippen molar-refractivity contribution in [2.75, 3.05) is 0 Å². The Morgan fingerprint density at radius 1 is 1.14 bits per heavy atom. The number of halogens is 1. The molecule has 29 heavy (non-hydrogen) atoms. The molecule has 1 aromatic carbocycles. The van der Waals surface area contributed by atoms with E-state index in [9.17, 15) is 18.8 Å². The first-order valence-electron chi connectivity index (χ1n) is 9.29. The fraction of sp³-hybridized carbons (Fsp3) is 0.273. The summed E-state index contributed by atoms with van der Waals surface area (Å²) in [4.78, 5) is 44.9. The van der Waals surface area contributed by atoms with Crippen molar-refractivity contribution in [2.45, 2.75) is 39.9 Å². The molecule has 0 radical (unpaired) electrons. The third-order valence-electron chi connectivity index (χ3n) is 4.67. The van der Waals surface area contributed by atoms with Gasteiger partial charge < -0.3 is 0 Å². The summed E-state index contributed by atoms with van der Waals surface area (Å²) in [7, 11) is 0. The molecular formula is C22H22FN3O3. The SMILES string of the molecule is Cc1cc(CF)cc(C(=O)c2c(C(C)C)c(=O)[nH]c(=O)n2Cc2ccncc2)c1. The van der Waals surface area contributed by atoms with Crippen LogP contribution in [0.4, 0.5) is 4.39 Å². The molecule has 0 atom stereocenters. The number of carbonyl (C=O) groups is 1. The quantitative estimate of drug-likeness (QED) is 0.650. The number of nitrogens with zero attached hydrogens (tertiary/aromatic N) is 2. The number of pyridine rings is 1. The first kappa shape index (κ1) is 20.4. The number of hydrogen-bond acceptors (Lipinski definition) is 4. The molecule has 2 heterocycles. The van der Waals surface area contributed by atoms with E-state index in [0.717, 1.165) is 11.1 Å². The van der Waals surface area contributed by atoms with E-state index >= 15 is 0 Å². The van der Waals surface area contributed by atoms with E-state index in [1.165, 1.54) is 10.6 Å². The smallest absolute Gasteiger partial charge is 0.287 e. The zero-order valence-electron chi connectivity index (χ0n) is 16.5. The molecule has 0 saturated heterocycles. The number of aryl methyl sites for hydroxylation is 1. The maximum atomic E-state index is 13.5. The molecule has 3 aromatic rings. The van der Waals surface area contributed by atoms with E-state index in [1.54, 1.807) is 57.4 Å². The third-order valence-corrected chi connectivity index (χ3v) is 4.67. The van der Waals surface area contributed by atoms with Gasteiger partial charge in [-0.15, -0.1) is 0 Å². The molecule has 0 aliphatic rings. The summed E-state index contributed by atoms with van der Waals surface area (Å²) < 4.78 is 14.5. The lowest BCUT2D eigenvalue weighted by atomic mass is 9.95. The molecule has 6 nitrogen and oxygen atoms in total. The van der Waals surface area contributed by atoms with Crippen molar-refractivity contribution < 1.29 is 9.18 Å². The van der Waals surface area contributed by atoms with Gasteiger partial charge in [0.2, 0.25) is 5.78 Å². The summed E-state index contributed by atoms with van der Waals surface area (Å²) in [6.07, 6.45) is 3.18. The number of rotatable bonds is 6. The molecule has 0 amide bonds. The van der Waals surface area contributed by atoms with Gasteiger partial charge in [0, 0.05) is 23.5 Å². The van der Waals surface area contributed by atoms with Gasteiger partial charge in [-0.05, 0) is 48.2 Å². The largest absolute Gasteiger partial charge is 0.329 e. The zero-order valence-corrected chi connectivity index (χ0v) is 16.5. The lowest BCUT2D eigenvalue weighted by Gasteiger charge is -2.18. The Morgan fingerprint density at radius 2 is 1.83 bits per heavy atom. The average molecular weight is 395 g/mol. The molecule has 1 N–H and O–H groups in total. The zero-order chi connectivity index (χ0) is 21.1. The number of benzene rings is 1. The standard InChI is InChI=1S/C22H22FN3O3/c1-13(2)18-19(20(27)17-9-14(3)8-16(10-17)11-23)26(22(29)25-21(18)28)12-15-4-6-24-7-5-15/h4-10,13H,11-12H2,1-3H3,(H,25,28,29). The molecule has 7 heteroatoms. The minimum Gasteiger partial charge on any atom is -0.287 e. The summed E-state index contributed by atoms with van der Waals surface area (Å²) in [5.41, 5.74) is 1.10. The molecule has 0 spiro atoms. The highest BCUT2D eigenvalue weighted by atomic mass is 19.1. The first-order valence-corrected chi connectivity index (χ1v) is 9.29. The Balaban J connectivity index is 2.27. The lowest BCUT2D eigenvalue weighted by Crippen LogP contribution is -2.38. The Hall–Kier alpha value is -3.35. The maximum absolute atomic E-state index is 13.5. The van der Waals surface area contributed by atoms with Crippen LogP contribution in [0.2, 0.25) is 0 Å². The molecular weight excluding hydrogens is 373 g/mol. The van der Waals surface area contributed by atoms with Crippen LogP contribution in [-0.4, -0.2) is 20.3 Å². The van der Waals surface area contributed by atoms with Gasteiger partial charge in [0.25, 0.3) is 5.56 Å². The van der Waals surface area contributed by atoms with Crippen LogP contribution in [0.3, 0.4) is 0 Å². The van der Waals surface area contributed by atoms with E-state index in [4.69, 9.17) is 0 Å². The average Bonchev–Trinajstić information content (AvgIpc) is 2.69. The first-order chi connectivity index (χ1) is 13.8. The van der Waals surface area contributed by atoms with Crippen molar-refractivity contribution in [3.05, 3.63) is 97.1 Å². The van der Waals surface area contributed by atoms with Crippen molar-refractivity contribution >= 4 is 5.78 Å². The van der Waals surface area contributed by atoms with Crippen LogP contribution in [0, 0.1) is 6.92 Å². The highest BCUT2D eigenvalue weighted by Crippen LogP contribution is 2.21. The van der Waals surface area contributed by atoms with Crippen LogP contribution in [-0.2, 0) is 13.2 Å². The molecule has 0 bridgehead atoms. The summed E-state index contributed by atoms with van der Waals surface area (Å²) in [6.45, 7) is 4.72. The van der Waals surface area contributed by atoms with Crippen LogP contribution in [0.1, 0.15) is 58.1 Å². The topological polar surface area (TPSA) is 84.8 Å². The van der Waals surface area contributed by atoms with Gasteiger partial charge in [-0.3, -0.25) is 24.1 Å². The van der Waals surface area contributed by atoms with Crippen LogP contribution in [0.25, 0.3) is 0 Å². The minimum absolute atomic E-state index is 0.0287. The molecule has 0 aliphatic heterocycles. The van der Waals surface area contributed by atoms with Gasteiger partial charge in [0.15, 0.2) is 0 Å². The van der Waals surface area contributed by atoms with Crippen LogP contribution in [0.15, 0.2) is 52.3 Å². The lowest BCUT2D eigenvalue weighted by molar-refractivity contribution is 0.102. The van der Waals surface area contributed by atoms with Crippen LogP contribution >= 0.6 is 0 Å². The van der Waals surface area contributed by atoms with Crippen molar-refractivity contribution in [1.29, 1.82) is 0 Å². The normalized spacial score (nSPS) is 11.1. The predicted octanol–water partition coefficient (Wildman–Crippen LogP) is 3.11. The predicted molar refractivity (Wildman–Crippen MR) is 108 cm³/mol. The monoisotopic (exact) mass is 395 g/mol. The van der Waals surface area contributed by atoms with Crippen LogP contribution < -0.4 is 11.2 Å². The minimum atomic E-state index is -0.710. The second-order valence-electron chi connectivity index (χ2n) is 7.29. The van der Waals surface area contributed by atoms with E-state index < -0.39 is 23.7 Å². The summed E-state index contributed by atoms with van der Waals surface area (Å²) >= 11 is 0. The molecule has 2 aromatic heterocycles. The number of carbonyl (C=O) groups excluding carboxylic acids is 1. The van der Waals surface area contributed by atoms with Gasteiger partial charge in [-0.25, -0.2) is 9.18 Å². The molecule has 0 aliphatic carbocycles. The van der Waals surface area contributed by atoms with Crippen molar-refractivity contribution in [3.8, 4) is 0 Å². The Kier molecular flexibility index (Phi) is 5.87. The van der Waals surface area contributed by atoms with Gasteiger partial charge in [0.1, 0.15) is 12.4 Å². The van der Waals surface area contributed by atoms with E-state index in [1.807, 2.05) is 0 Å². The van der Waals surface area contributed by atoms with Crippen LogP contribution in [0.5, 0.6) is 0 Å². The van der Waals surface area contributed by atoms with E-state index in [2.05, 4.69) is 9.97 Å². The second-order valence-corrected chi connectivity index (χ2v) is 7.29. The molecule has 0 unspecified atom stereocenters. The number of H-pyrrole nitrogens is 1. The fourth-order valence-corrected chi connectivity index (χ4v) is 3.40. The number of aromatic nitrogens is 3. The third kappa shape index (κ3) is 4.23. The van der Waals surface area contributed by atoms with Gasteiger partial charge >= 0.3 is 5.69 Å².